The van der Waals surface area contributed by atoms with Crippen molar-refractivity contribution in [3.05, 3.63) is 12.2 Å². The van der Waals surface area contributed by atoms with Gasteiger partial charge >= 0.3 is 0 Å². The first kappa shape index (κ1) is 12.6. The number of hydrogen-bond donors (Lipinski definition) is 2. The van der Waals surface area contributed by atoms with E-state index < -0.39 is 0 Å². The number of aromatic nitrogens is 3. The van der Waals surface area contributed by atoms with E-state index >= 15 is 0 Å². The summed E-state index contributed by atoms with van der Waals surface area (Å²) in [4.78, 5) is 4.20. The van der Waals surface area contributed by atoms with E-state index in [4.69, 9.17) is 0 Å². The fourth-order valence-corrected chi connectivity index (χ4v) is 2.88. The summed E-state index contributed by atoms with van der Waals surface area (Å²) in [6, 6.07) is 0.938. The standard InChI is InChI=1S/C13H24N4/c1-3-4-11-5-7-12(8-6-11)16-10(2)13-14-9-15-17-13/h9-12,16H,3-8H2,1-2H3,(H,14,15,17). The normalized spacial score (nSPS) is 26.9. The summed E-state index contributed by atoms with van der Waals surface area (Å²) < 4.78 is 0. The fraction of sp³-hybridized carbons (Fsp3) is 0.846. The first-order chi connectivity index (χ1) is 8.29. The lowest BCUT2D eigenvalue weighted by atomic mass is 9.83. The Balaban J connectivity index is 1.74. The molecule has 1 unspecified atom stereocenters. The van der Waals surface area contributed by atoms with Crippen LogP contribution in [0.4, 0.5) is 0 Å². The van der Waals surface area contributed by atoms with Crippen molar-refractivity contribution in [3.63, 3.8) is 0 Å². The van der Waals surface area contributed by atoms with Crippen LogP contribution in [-0.2, 0) is 0 Å². The molecule has 0 saturated heterocycles. The molecule has 0 aromatic carbocycles. The molecule has 1 aliphatic rings. The number of rotatable bonds is 5. The molecule has 1 aromatic heterocycles. The Hall–Kier alpha value is -0.900. The van der Waals surface area contributed by atoms with Crippen LogP contribution in [0.5, 0.6) is 0 Å². The van der Waals surface area contributed by atoms with Gasteiger partial charge in [0, 0.05) is 6.04 Å². The lowest BCUT2D eigenvalue weighted by molar-refractivity contribution is 0.264. The molecular weight excluding hydrogens is 212 g/mol. The van der Waals surface area contributed by atoms with Crippen molar-refractivity contribution in [3.8, 4) is 0 Å². The number of nitrogens with zero attached hydrogens (tertiary/aromatic N) is 2. The third-order valence-corrected chi connectivity index (χ3v) is 3.87. The quantitative estimate of drug-likeness (QED) is 0.826. The Morgan fingerprint density at radius 2 is 2.18 bits per heavy atom. The average Bonchev–Trinajstić information content (AvgIpc) is 2.86. The molecule has 0 amide bonds. The SMILES string of the molecule is CCCC1CCC(NC(C)c2ncn[nH]2)CC1. The highest BCUT2D eigenvalue weighted by Crippen LogP contribution is 2.28. The van der Waals surface area contributed by atoms with Gasteiger partial charge in [0.2, 0.25) is 0 Å². The second-order valence-corrected chi connectivity index (χ2v) is 5.27. The van der Waals surface area contributed by atoms with Crippen LogP contribution in [0.15, 0.2) is 6.33 Å². The summed E-state index contributed by atoms with van der Waals surface area (Å²) in [5.74, 6) is 1.92. The van der Waals surface area contributed by atoms with Gasteiger partial charge in [-0.15, -0.1) is 0 Å². The monoisotopic (exact) mass is 236 g/mol. The Labute approximate surface area is 104 Å². The average molecular weight is 236 g/mol. The molecule has 1 fully saturated rings. The molecule has 1 aliphatic carbocycles. The fourth-order valence-electron chi connectivity index (χ4n) is 2.88. The zero-order chi connectivity index (χ0) is 12.1. The predicted molar refractivity (Wildman–Crippen MR) is 68.6 cm³/mol. The summed E-state index contributed by atoms with van der Waals surface area (Å²) in [6.45, 7) is 4.44. The number of hydrogen-bond acceptors (Lipinski definition) is 3. The highest BCUT2D eigenvalue weighted by Gasteiger charge is 2.22. The minimum Gasteiger partial charge on any atom is -0.305 e. The smallest absolute Gasteiger partial charge is 0.141 e. The summed E-state index contributed by atoms with van der Waals surface area (Å²) >= 11 is 0. The summed E-state index contributed by atoms with van der Waals surface area (Å²) in [7, 11) is 0. The highest BCUT2D eigenvalue weighted by molar-refractivity contribution is 4.91. The van der Waals surface area contributed by atoms with Crippen LogP contribution >= 0.6 is 0 Å². The van der Waals surface area contributed by atoms with Crippen molar-refractivity contribution < 1.29 is 0 Å². The minimum absolute atomic E-state index is 0.283. The Morgan fingerprint density at radius 3 is 2.76 bits per heavy atom. The number of H-pyrrole nitrogens is 1. The van der Waals surface area contributed by atoms with E-state index in [-0.39, 0.29) is 6.04 Å². The van der Waals surface area contributed by atoms with Gasteiger partial charge in [0.05, 0.1) is 6.04 Å². The van der Waals surface area contributed by atoms with Crippen molar-refractivity contribution in [2.24, 2.45) is 5.92 Å². The largest absolute Gasteiger partial charge is 0.305 e. The van der Waals surface area contributed by atoms with Crippen LogP contribution in [0, 0.1) is 5.92 Å². The number of nitrogens with one attached hydrogen (secondary N) is 2. The lowest BCUT2D eigenvalue weighted by Gasteiger charge is -2.30. The van der Waals surface area contributed by atoms with Crippen molar-refractivity contribution in [2.75, 3.05) is 0 Å². The first-order valence-electron chi connectivity index (χ1n) is 6.91. The minimum atomic E-state index is 0.283. The molecule has 0 spiro atoms. The topological polar surface area (TPSA) is 53.6 Å². The molecule has 4 heteroatoms. The zero-order valence-electron chi connectivity index (χ0n) is 10.9. The van der Waals surface area contributed by atoms with Crippen molar-refractivity contribution >= 4 is 0 Å². The van der Waals surface area contributed by atoms with Gasteiger partial charge in [-0.3, -0.25) is 5.10 Å². The van der Waals surface area contributed by atoms with Gasteiger partial charge in [0.1, 0.15) is 12.2 Å². The molecule has 2 rings (SSSR count). The highest BCUT2D eigenvalue weighted by atomic mass is 15.2. The summed E-state index contributed by atoms with van der Waals surface area (Å²) in [5.41, 5.74) is 0. The van der Waals surface area contributed by atoms with Gasteiger partial charge in [0.15, 0.2) is 0 Å². The molecule has 1 atom stereocenters. The van der Waals surface area contributed by atoms with Gasteiger partial charge in [-0.25, -0.2) is 4.98 Å². The van der Waals surface area contributed by atoms with Crippen molar-refractivity contribution in [1.82, 2.24) is 20.5 Å². The predicted octanol–water partition coefficient (Wildman–Crippen LogP) is 2.81. The molecule has 0 bridgehead atoms. The molecule has 4 nitrogen and oxygen atoms in total. The first-order valence-corrected chi connectivity index (χ1v) is 6.91. The molecule has 0 aliphatic heterocycles. The van der Waals surface area contributed by atoms with Gasteiger partial charge in [0.25, 0.3) is 0 Å². The van der Waals surface area contributed by atoms with Crippen LogP contribution in [0.1, 0.15) is 64.2 Å². The van der Waals surface area contributed by atoms with E-state index in [1.54, 1.807) is 6.33 Å². The molecule has 2 N–H and O–H groups in total. The van der Waals surface area contributed by atoms with Crippen LogP contribution in [-0.4, -0.2) is 21.2 Å². The zero-order valence-corrected chi connectivity index (χ0v) is 10.9. The molecule has 1 heterocycles. The molecule has 1 saturated carbocycles. The van der Waals surface area contributed by atoms with Crippen LogP contribution < -0.4 is 5.32 Å². The third kappa shape index (κ3) is 3.53. The second-order valence-electron chi connectivity index (χ2n) is 5.27. The molecule has 1 aromatic rings. The summed E-state index contributed by atoms with van der Waals surface area (Å²) in [5, 5.41) is 10.5. The van der Waals surface area contributed by atoms with E-state index in [1.165, 1.54) is 38.5 Å². The Kier molecular flexibility index (Phi) is 4.54. The molecule has 96 valence electrons. The van der Waals surface area contributed by atoms with Gasteiger partial charge in [-0.1, -0.05) is 19.8 Å². The van der Waals surface area contributed by atoms with Crippen LogP contribution in [0.3, 0.4) is 0 Å². The van der Waals surface area contributed by atoms with E-state index in [0.717, 1.165) is 11.7 Å². The second kappa shape index (κ2) is 6.15. The van der Waals surface area contributed by atoms with Gasteiger partial charge in [-0.05, 0) is 38.5 Å². The molecular formula is C13H24N4. The van der Waals surface area contributed by atoms with Crippen molar-refractivity contribution in [2.45, 2.75) is 64.5 Å². The van der Waals surface area contributed by atoms with Crippen LogP contribution in [0.2, 0.25) is 0 Å². The molecule has 0 radical (unpaired) electrons. The Bertz CT molecular complexity index is 301. The third-order valence-electron chi connectivity index (χ3n) is 3.87. The van der Waals surface area contributed by atoms with Gasteiger partial charge < -0.3 is 5.32 Å². The lowest BCUT2D eigenvalue weighted by Crippen LogP contribution is -2.35. The van der Waals surface area contributed by atoms with E-state index in [0.29, 0.717) is 6.04 Å². The van der Waals surface area contributed by atoms with Crippen LogP contribution in [0.25, 0.3) is 0 Å². The van der Waals surface area contributed by atoms with E-state index in [2.05, 4.69) is 34.3 Å². The number of aromatic amines is 1. The maximum atomic E-state index is 4.20. The molecule has 17 heavy (non-hydrogen) atoms. The Morgan fingerprint density at radius 1 is 1.41 bits per heavy atom. The van der Waals surface area contributed by atoms with Gasteiger partial charge in [-0.2, -0.15) is 5.10 Å². The summed E-state index contributed by atoms with van der Waals surface area (Å²) in [6.07, 6.45) is 9.70. The maximum Gasteiger partial charge on any atom is 0.141 e. The maximum absolute atomic E-state index is 4.20. The van der Waals surface area contributed by atoms with Crippen molar-refractivity contribution in [1.29, 1.82) is 0 Å². The van der Waals surface area contributed by atoms with E-state index in [9.17, 15) is 0 Å². The van der Waals surface area contributed by atoms with E-state index in [1.807, 2.05) is 0 Å².